The summed E-state index contributed by atoms with van der Waals surface area (Å²) in [5.74, 6) is 0.789. The molecule has 0 aliphatic heterocycles. The highest BCUT2D eigenvalue weighted by molar-refractivity contribution is 7.97. The average molecular weight is 458 g/mol. The van der Waals surface area contributed by atoms with Crippen molar-refractivity contribution in [3.05, 3.63) is 67.8 Å². The van der Waals surface area contributed by atoms with E-state index in [-0.39, 0.29) is 28.2 Å². The number of pyridine rings is 1. The van der Waals surface area contributed by atoms with Crippen molar-refractivity contribution in [2.45, 2.75) is 45.6 Å². The monoisotopic (exact) mass is 457 g/mol. The van der Waals surface area contributed by atoms with Crippen LogP contribution in [0.5, 0.6) is 0 Å². The van der Waals surface area contributed by atoms with Crippen LogP contribution in [0.25, 0.3) is 11.0 Å². The van der Waals surface area contributed by atoms with E-state index in [1.165, 1.54) is 11.9 Å². The van der Waals surface area contributed by atoms with E-state index in [1.54, 1.807) is 18.4 Å². The van der Waals surface area contributed by atoms with Crippen molar-refractivity contribution in [1.29, 1.82) is 0 Å². The van der Waals surface area contributed by atoms with Gasteiger partial charge in [-0.2, -0.15) is 0 Å². The number of aromatic nitrogens is 1. The molecule has 4 rings (SSSR count). The third-order valence-corrected chi connectivity index (χ3v) is 6.09. The highest BCUT2D eigenvalue weighted by Gasteiger charge is 2.30. The lowest BCUT2D eigenvalue weighted by Crippen LogP contribution is -2.20. The van der Waals surface area contributed by atoms with Gasteiger partial charge in [-0.05, 0) is 57.4 Å². The lowest BCUT2D eigenvalue weighted by atomic mass is 9.99. The second-order valence-electron chi connectivity index (χ2n) is 7.96. The average Bonchev–Trinajstić information content (AvgIpc) is 3.57. The molecule has 1 amide bonds. The SMILES string of the molecule is CSNC(=O)c1nc(Cl)ccc1N[C@H](C)c1cc(C)cc2c(=O)c(C)c(C3CC3)oc12. The predicted molar refractivity (Wildman–Crippen MR) is 126 cm³/mol. The zero-order chi connectivity index (χ0) is 22.3. The summed E-state index contributed by atoms with van der Waals surface area (Å²) < 4.78 is 9.00. The zero-order valence-corrected chi connectivity index (χ0v) is 19.4. The lowest BCUT2D eigenvalue weighted by Gasteiger charge is -2.20. The quantitative estimate of drug-likeness (QED) is 0.374. The second-order valence-corrected chi connectivity index (χ2v) is 8.96. The third kappa shape index (κ3) is 4.29. The van der Waals surface area contributed by atoms with Crippen molar-refractivity contribution in [3.8, 4) is 0 Å². The van der Waals surface area contributed by atoms with Gasteiger partial charge in [0.2, 0.25) is 0 Å². The van der Waals surface area contributed by atoms with Crippen molar-refractivity contribution in [3.63, 3.8) is 0 Å². The molecule has 1 aromatic carbocycles. The number of nitrogens with one attached hydrogen (secondary N) is 2. The fourth-order valence-electron chi connectivity index (χ4n) is 3.82. The van der Waals surface area contributed by atoms with E-state index in [0.29, 0.717) is 28.1 Å². The minimum Gasteiger partial charge on any atom is -0.460 e. The van der Waals surface area contributed by atoms with Gasteiger partial charge in [0.05, 0.1) is 17.1 Å². The van der Waals surface area contributed by atoms with E-state index in [4.69, 9.17) is 16.0 Å². The molecule has 0 radical (unpaired) electrons. The smallest absolute Gasteiger partial charge is 0.281 e. The number of carbonyl (C=O) groups excluding carboxylic acids is 1. The summed E-state index contributed by atoms with van der Waals surface area (Å²) in [4.78, 5) is 29.7. The van der Waals surface area contributed by atoms with Crippen LogP contribution in [0.15, 0.2) is 33.5 Å². The van der Waals surface area contributed by atoms with Crippen LogP contribution < -0.4 is 15.5 Å². The van der Waals surface area contributed by atoms with Gasteiger partial charge < -0.3 is 9.73 Å². The second kappa shape index (κ2) is 8.55. The maximum atomic E-state index is 13.1. The molecule has 0 spiro atoms. The number of hydrogen-bond donors (Lipinski definition) is 2. The number of halogens is 1. The first-order valence-electron chi connectivity index (χ1n) is 10.1. The summed E-state index contributed by atoms with van der Waals surface area (Å²) in [6, 6.07) is 7.01. The Labute approximate surface area is 189 Å². The Morgan fingerprint density at radius 3 is 2.71 bits per heavy atom. The molecule has 0 bridgehead atoms. The van der Waals surface area contributed by atoms with E-state index in [0.717, 1.165) is 29.7 Å². The van der Waals surface area contributed by atoms with Crippen LogP contribution in [0.1, 0.15) is 64.7 Å². The van der Waals surface area contributed by atoms with Crippen LogP contribution in [0.4, 0.5) is 5.69 Å². The fraction of sp³-hybridized carbons (Fsp3) is 0.348. The lowest BCUT2D eigenvalue weighted by molar-refractivity contribution is 0.0980. The number of nitrogens with zero attached hydrogens (tertiary/aromatic N) is 1. The van der Waals surface area contributed by atoms with Gasteiger partial charge in [-0.15, -0.1) is 0 Å². The summed E-state index contributed by atoms with van der Waals surface area (Å²) in [5.41, 5.74) is 3.91. The number of fused-ring (bicyclic) bond motifs is 1. The molecule has 0 saturated heterocycles. The number of rotatable bonds is 6. The van der Waals surface area contributed by atoms with Gasteiger partial charge in [-0.3, -0.25) is 14.3 Å². The zero-order valence-electron chi connectivity index (χ0n) is 17.8. The Bertz CT molecular complexity index is 1240. The molecule has 1 atom stereocenters. The summed E-state index contributed by atoms with van der Waals surface area (Å²) >= 11 is 7.21. The van der Waals surface area contributed by atoms with Crippen molar-refractivity contribution in [2.24, 2.45) is 0 Å². The Morgan fingerprint density at radius 1 is 1.29 bits per heavy atom. The molecule has 2 aromatic heterocycles. The molecule has 162 valence electrons. The van der Waals surface area contributed by atoms with Crippen LogP contribution in [0.3, 0.4) is 0 Å². The molecular formula is C23H24ClN3O3S. The van der Waals surface area contributed by atoms with E-state index in [2.05, 4.69) is 15.0 Å². The van der Waals surface area contributed by atoms with Gasteiger partial charge in [-0.1, -0.05) is 29.6 Å². The van der Waals surface area contributed by atoms with Crippen molar-refractivity contribution < 1.29 is 9.21 Å². The van der Waals surface area contributed by atoms with Gasteiger partial charge in [0.1, 0.15) is 16.5 Å². The van der Waals surface area contributed by atoms with E-state index in [9.17, 15) is 9.59 Å². The highest BCUT2D eigenvalue weighted by atomic mass is 35.5. The first kappa shape index (κ1) is 21.7. The Morgan fingerprint density at radius 2 is 2.03 bits per heavy atom. The minimum absolute atomic E-state index is 0.0218. The summed E-state index contributed by atoms with van der Waals surface area (Å²) in [6.07, 6.45) is 3.86. The number of benzene rings is 1. The summed E-state index contributed by atoms with van der Waals surface area (Å²) in [7, 11) is 0. The maximum absolute atomic E-state index is 13.1. The molecule has 6 nitrogen and oxygen atoms in total. The van der Waals surface area contributed by atoms with Crippen molar-refractivity contribution in [2.75, 3.05) is 11.6 Å². The first-order valence-corrected chi connectivity index (χ1v) is 11.7. The van der Waals surface area contributed by atoms with Gasteiger partial charge in [0, 0.05) is 23.3 Å². The Kier molecular flexibility index (Phi) is 5.99. The third-order valence-electron chi connectivity index (χ3n) is 5.49. The molecular weight excluding hydrogens is 434 g/mol. The van der Waals surface area contributed by atoms with Crippen LogP contribution in [-0.4, -0.2) is 17.1 Å². The predicted octanol–water partition coefficient (Wildman–Crippen LogP) is 5.52. The number of carbonyl (C=O) groups is 1. The Hall–Kier alpha value is -2.51. The van der Waals surface area contributed by atoms with E-state index >= 15 is 0 Å². The largest absolute Gasteiger partial charge is 0.460 e. The molecule has 1 fully saturated rings. The van der Waals surface area contributed by atoms with Crippen molar-refractivity contribution in [1.82, 2.24) is 9.71 Å². The fourth-order valence-corrected chi connectivity index (χ4v) is 4.25. The van der Waals surface area contributed by atoms with Crippen LogP contribution in [0, 0.1) is 13.8 Å². The molecule has 3 aromatic rings. The number of aryl methyl sites for hydroxylation is 1. The first-order chi connectivity index (χ1) is 14.8. The molecule has 0 unspecified atom stereocenters. The molecule has 2 N–H and O–H groups in total. The Balaban J connectivity index is 1.79. The van der Waals surface area contributed by atoms with Crippen LogP contribution in [-0.2, 0) is 0 Å². The summed E-state index contributed by atoms with van der Waals surface area (Å²) in [5, 5.41) is 4.18. The maximum Gasteiger partial charge on any atom is 0.281 e. The number of anilines is 1. The normalized spacial score (nSPS) is 14.5. The molecule has 8 heteroatoms. The number of amides is 1. The molecule has 1 saturated carbocycles. The van der Waals surface area contributed by atoms with E-state index in [1.807, 2.05) is 32.9 Å². The molecule has 1 aliphatic carbocycles. The highest BCUT2D eigenvalue weighted by Crippen LogP contribution is 2.42. The van der Waals surface area contributed by atoms with Gasteiger partial charge >= 0.3 is 0 Å². The molecule has 31 heavy (non-hydrogen) atoms. The number of hydrogen-bond acceptors (Lipinski definition) is 6. The van der Waals surface area contributed by atoms with Crippen LogP contribution in [0.2, 0.25) is 5.15 Å². The minimum atomic E-state index is -0.336. The topological polar surface area (TPSA) is 84.2 Å². The molecule has 1 aliphatic rings. The van der Waals surface area contributed by atoms with Crippen molar-refractivity contribution >= 4 is 46.1 Å². The standard InChI is InChI=1S/C23H24ClN3O3S/c1-11-9-15(22-16(10-11)20(28)12(2)21(30-22)14-5-6-14)13(3)25-17-7-8-18(24)26-19(17)23(29)27-31-4/h7-10,13-14,25H,5-6H2,1-4H3,(H,27,29)/t13-/m1/s1. The van der Waals surface area contributed by atoms with Crippen LogP contribution >= 0.6 is 23.5 Å². The van der Waals surface area contributed by atoms with Gasteiger partial charge in [-0.25, -0.2) is 4.98 Å². The van der Waals surface area contributed by atoms with Gasteiger partial charge in [0.25, 0.3) is 5.91 Å². The molecule has 2 heterocycles. The van der Waals surface area contributed by atoms with Gasteiger partial charge in [0.15, 0.2) is 11.1 Å². The van der Waals surface area contributed by atoms with E-state index < -0.39 is 0 Å². The summed E-state index contributed by atoms with van der Waals surface area (Å²) in [6.45, 7) is 5.77.